The molecule has 2 heteroatoms. The average Bonchev–Trinajstić information content (AvgIpc) is 2.27. The van der Waals surface area contributed by atoms with E-state index in [4.69, 9.17) is 5.11 Å². The molecule has 0 atom stereocenters. The van der Waals surface area contributed by atoms with Gasteiger partial charge in [-0.15, -0.1) is 0 Å². The van der Waals surface area contributed by atoms with Crippen molar-refractivity contribution in [3.63, 3.8) is 0 Å². The molecule has 0 spiro atoms. The Morgan fingerprint density at radius 2 is 1.88 bits per heavy atom. The maximum Gasteiger partial charge on any atom is 0.0570 e. The predicted molar refractivity (Wildman–Crippen MR) is 66.4 cm³/mol. The summed E-state index contributed by atoms with van der Waals surface area (Å²) in [6.45, 7) is 1.09. The van der Waals surface area contributed by atoms with Crippen molar-refractivity contribution in [3.8, 4) is 0 Å². The average molecular weight is 219 g/mol. The van der Waals surface area contributed by atoms with Crippen molar-refractivity contribution in [2.45, 2.75) is 44.2 Å². The highest BCUT2D eigenvalue weighted by Crippen LogP contribution is 2.19. The monoisotopic (exact) mass is 219 g/mol. The van der Waals surface area contributed by atoms with E-state index in [0.717, 1.165) is 19.4 Å². The first kappa shape index (κ1) is 11.6. The molecule has 1 aliphatic carbocycles. The SMILES string of the molecule is OC1CC(NCCCCc2ccccc2)C1. The van der Waals surface area contributed by atoms with Crippen LogP contribution >= 0.6 is 0 Å². The molecule has 16 heavy (non-hydrogen) atoms. The zero-order valence-corrected chi connectivity index (χ0v) is 9.73. The van der Waals surface area contributed by atoms with Crippen LogP contribution in [0.2, 0.25) is 0 Å². The van der Waals surface area contributed by atoms with Crippen LogP contribution in [0.4, 0.5) is 0 Å². The van der Waals surface area contributed by atoms with Crippen LogP contribution in [0.15, 0.2) is 30.3 Å². The number of hydrogen-bond donors (Lipinski definition) is 2. The summed E-state index contributed by atoms with van der Waals surface area (Å²) in [6.07, 6.45) is 5.49. The van der Waals surface area contributed by atoms with Crippen LogP contribution in [0.1, 0.15) is 31.2 Å². The third kappa shape index (κ3) is 3.62. The van der Waals surface area contributed by atoms with Gasteiger partial charge in [0, 0.05) is 6.04 Å². The Labute approximate surface area is 97.7 Å². The summed E-state index contributed by atoms with van der Waals surface area (Å²) in [5, 5.41) is 12.6. The Hall–Kier alpha value is -0.860. The van der Waals surface area contributed by atoms with Gasteiger partial charge in [0.05, 0.1) is 6.10 Å². The minimum Gasteiger partial charge on any atom is -0.393 e. The summed E-state index contributed by atoms with van der Waals surface area (Å²) in [5.74, 6) is 0. The quantitative estimate of drug-likeness (QED) is 0.718. The lowest BCUT2D eigenvalue weighted by molar-refractivity contribution is 0.0626. The smallest absolute Gasteiger partial charge is 0.0570 e. The fraction of sp³-hybridized carbons (Fsp3) is 0.571. The lowest BCUT2D eigenvalue weighted by Gasteiger charge is -2.32. The number of aliphatic hydroxyl groups excluding tert-OH is 1. The molecule has 0 unspecified atom stereocenters. The molecule has 1 aromatic rings. The highest BCUT2D eigenvalue weighted by Gasteiger charge is 2.25. The maximum atomic E-state index is 9.13. The number of hydrogen-bond acceptors (Lipinski definition) is 2. The van der Waals surface area contributed by atoms with Crippen LogP contribution in [0.5, 0.6) is 0 Å². The molecule has 1 aliphatic rings. The summed E-state index contributed by atoms with van der Waals surface area (Å²) >= 11 is 0. The molecule has 2 N–H and O–H groups in total. The molecule has 88 valence electrons. The van der Waals surface area contributed by atoms with Gasteiger partial charge in [0.15, 0.2) is 0 Å². The van der Waals surface area contributed by atoms with E-state index < -0.39 is 0 Å². The van der Waals surface area contributed by atoms with E-state index in [1.54, 1.807) is 0 Å². The number of unbranched alkanes of at least 4 members (excludes halogenated alkanes) is 1. The second-order valence-electron chi connectivity index (χ2n) is 4.72. The number of rotatable bonds is 6. The molecule has 0 bridgehead atoms. The van der Waals surface area contributed by atoms with Gasteiger partial charge in [-0.05, 0) is 44.2 Å². The predicted octanol–water partition coefficient (Wildman–Crippen LogP) is 2.12. The zero-order chi connectivity index (χ0) is 11.2. The number of nitrogens with one attached hydrogen (secondary N) is 1. The molecule has 0 aromatic heterocycles. The number of aryl methyl sites for hydroxylation is 1. The largest absolute Gasteiger partial charge is 0.393 e. The second kappa shape index (κ2) is 6.02. The molecular formula is C14H21NO. The van der Waals surface area contributed by atoms with Crippen molar-refractivity contribution in [2.75, 3.05) is 6.54 Å². The molecule has 1 aromatic carbocycles. The zero-order valence-electron chi connectivity index (χ0n) is 9.73. The molecule has 1 fully saturated rings. The van der Waals surface area contributed by atoms with Gasteiger partial charge in [-0.2, -0.15) is 0 Å². The van der Waals surface area contributed by atoms with Crippen LogP contribution in [0.3, 0.4) is 0 Å². The third-order valence-electron chi connectivity index (χ3n) is 3.28. The van der Waals surface area contributed by atoms with Crippen molar-refractivity contribution in [2.24, 2.45) is 0 Å². The van der Waals surface area contributed by atoms with E-state index in [0.29, 0.717) is 6.04 Å². The Morgan fingerprint density at radius 1 is 1.12 bits per heavy atom. The van der Waals surface area contributed by atoms with Gasteiger partial charge in [-0.25, -0.2) is 0 Å². The summed E-state index contributed by atoms with van der Waals surface area (Å²) in [6, 6.07) is 11.2. The lowest BCUT2D eigenvalue weighted by atomic mass is 9.89. The van der Waals surface area contributed by atoms with Crippen LogP contribution in [0.25, 0.3) is 0 Å². The molecule has 2 rings (SSSR count). The molecule has 0 radical (unpaired) electrons. The summed E-state index contributed by atoms with van der Waals surface area (Å²) in [7, 11) is 0. The highest BCUT2D eigenvalue weighted by atomic mass is 16.3. The van der Waals surface area contributed by atoms with Crippen LogP contribution < -0.4 is 5.32 Å². The van der Waals surface area contributed by atoms with Crippen molar-refractivity contribution in [3.05, 3.63) is 35.9 Å². The van der Waals surface area contributed by atoms with Gasteiger partial charge in [-0.1, -0.05) is 30.3 Å². The standard InChI is InChI=1S/C14H21NO/c16-14-10-13(11-14)15-9-5-4-8-12-6-2-1-3-7-12/h1-3,6-7,13-16H,4-5,8-11H2. The first-order chi connectivity index (χ1) is 7.84. The normalized spacial score (nSPS) is 24.1. The van der Waals surface area contributed by atoms with Gasteiger partial charge in [-0.3, -0.25) is 0 Å². The van der Waals surface area contributed by atoms with Crippen molar-refractivity contribution in [1.82, 2.24) is 5.32 Å². The van der Waals surface area contributed by atoms with Gasteiger partial charge in [0.1, 0.15) is 0 Å². The molecular weight excluding hydrogens is 198 g/mol. The number of aliphatic hydroxyl groups is 1. The summed E-state index contributed by atoms with van der Waals surface area (Å²) in [4.78, 5) is 0. The lowest BCUT2D eigenvalue weighted by Crippen LogP contribution is -2.44. The van der Waals surface area contributed by atoms with Crippen molar-refractivity contribution < 1.29 is 5.11 Å². The van der Waals surface area contributed by atoms with Crippen LogP contribution in [0, 0.1) is 0 Å². The van der Waals surface area contributed by atoms with Crippen LogP contribution in [-0.2, 0) is 6.42 Å². The van der Waals surface area contributed by atoms with Gasteiger partial charge in [0.25, 0.3) is 0 Å². The summed E-state index contributed by atoms with van der Waals surface area (Å²) < 4.78 is 0. The van der Waals surface area contributed by atoms with E-state index in [1.165, 1.54) is 24.8 Å². The maximum absolute atomic E-state index is 9.13. The first-order valence-corrected chi connectivity index (χ1v) is 6.30. The van der Waals surface area contributed by atoms with Gasteiger partial charge in [0.2, 0.25) is 0 Å². The van der Waals surface area contributed by atoms with Gasteiger partial charge >= 0.3 is 0 Å². The third-order valence-corrected chi connectivity index (χ3v) is 3.28. The molecule has 0 amide bonds. The Morgan fingerprint density at radius 3 is 2.56 bits per heavy atom. The Kier molecular flexibility index (Phi) is 4.37. The fourth-order valence-corrected chi connectivity index (χ4v) is 2.16. The van der Waals surface area contributed by atoms with E-state index in [-0.39, 0.29) is 6.10 Å². The molecule has 0 aliphatic heterocycles. The summed E-state index contributed by atoms with van der Waals surface area (Å²) in [5.41, 5.74) is 1.43. The Balaban J connectivity index is 1.49. The number of benzene rings is 1. The molecule has 1 saturated carbocycles. The van der Waals surface area contributed by atoms with Crippen LogP contribution in [-0.4, -0.2) is 23.8 Å². The minimum absolute atomic E-state index is 0.0400. The highest BCUT2D eigenvalue weighted by molar-refractivity contribution is 5.14. The molecule has 2 nitrogen and oxygen atoms in total. The van der Waals surface area contributed by atoms with E-state index in [9.17, 15) is 0 Å². The fourth-order valence-electron chi connectivity index (χ4n) is 2.16. The molecule has 0 saturated heterocycles. The van der Waals surface area contributed by atoms with E-state index >= 15 is 0 Å². The van der Waals surface area contributed by atoms with Crippen molar-refractivity contribution >= 4 is 0 Å². The van der Waals surface area contributed by atoms with E-state index in [2.05, 4.69) is 35.6 Å². The Bertz CT molecular complexity index is 293. The van der Waals surface area contributed by atoms with Gasteiger partial charge < -0.3 is 10.4 Å². The first-order valence-electron chi connectivity index (χ1n) is 6.30. The topological polar surface area (TPSA) is 32.3 Å². The van der Waals surface area contributed by atoms with E-state index in [1.807, 2.05) is 0 Å². The molecule has 0 heterocycles. The van der Waals surface area contributed by atoms with Crippen molar-refractivity contribution in [1.29, 1.82) is 0 Å². The second-order valence-corrected chi connectivity index (χ2v) is 4.72. The minimum atomic E-state index is -0.0400.